The summed E-state index contributed by atoms with van der Waals surface area (Å²) in [7, 11) is 0. The van der Waals surface area contributed by atoms with Crippen molar-refractivity contribution in [3.8, 4) is 5.75 Å². The van der Waals surface area contributed by atoms with Gasteiger partial charge in [0.25, 0.3) is 0 Å². The molecule has 1 aromatic heterocycles. The highest BCUT2D eigenvalue weighted by atomic mass is 16.5. The molecule has 0 amide bonds. The van der Waals surface area contributed by atoms with E-state index in [0.717, 1.165) is 11.1 Å². The Bertz CT molecular complexity index is 566. The normalized spacial score (nSPS) is 10.1. The first-order valence-electron chi connectivity index (χ1n) is 5.53. The average molecular weight is 243 g/mol. The summed E-state index contributed by atoms with van der Waals surface area (Å²) in [5, 5.41) is 9.01. The lowest BCUT2D eigenvalue weighted by molar-refractivity contribution is 0.0691. The Kier molecular flexibility index (Phi) is 3.57. The molecule has 4 heteroatoms. The van der Waals surface area contributed by atoms with Crippen molar-refractivity contribution in [2.75, 3.05) is 0 Å². The maximum atomic E-state index is 11.0. The monoisotopic (exact) mass is 243 g/mol. The predicted octanol–water partition coefficient (Wildman–Crippen LogP) is 2.67. The van der Waals surface area contributed by atoms with Gasteiger partial charge in [-0.3, -0.25) is 4.98 Å². The summed E-state index contributed by atoms with van der Waals surface area (Å²) in [5.41, 5.74) is 2.26. The molecule has 0 bridgehead atoms. The van der Waals surface area contributed by atoms with Gasteiger partial charge in [0, 0.05) is 6.20 Å². The van der Waals surface area contributed by atoms with Crippen molar-refractivity contribution >= 4 is 5.97 Å². The molecule has 0 fully saturated rings. The van der Waals surface area contributed by atoms with Gasteiger partial charge in [-0.15, -0.1) is 0 Å². The van der Waals surface area contributed by atoms with Crippen LogP contribution in [0.25, 0.3) is 0 Å². The van der Waals surface area contributed by atoms with Crippen LogP contribution < -0.4 is 4.74 Å². The van der Waals surface area contributed by atoms with Crippen molar-refractivity contribution in [2.45, 2.75) is 13.5 Å². The molecule has 1 aromatic carbocycles. The summed E-state index contributed by atoms with van der Waals surface area (Å²) < 4.78 is 5.52. The van der Waals surface area contributed by atoms with Crippen molar-refractivity contribution in [3.05, 3.63) is 59.4 Å². The van der Waals surface area contributed by atoms with Crippen LogP contribution in [-0.2, 0) is 6.61 Å². The van der Waals surface area contributed by atoms with Crippen LogP contribution in [0.5, 0.6) is 5.75 Å². The number of aromatic nitrogens is 1. The first-order valence-corrected chi connectivity index (χ1v) is 5.53. The Labute approximate surface area is 105 Å². The van der Waals surface area contributed by atoms with Crippen LogP contribution in [0.1, 0.15) is 21.5 Å². The van der Waals surface area contributed by atoms with Gasteiger partial charge in [0.2, 0.25) is 0 Å². The fourth-order valence-corrected chi connectivity index (χ4v) is 1.60. The van der Waals surface area contributed by atoms with Gasteiger partial charge in [-0.1, -0.05) is 24.3 Å². The molecule has 18 heavy (non-hydrogen) atoms. The lowest BCUT2D eigenvalue weighted by Gasteiger charge is -2.10. The van der Waals surface area contributed by atoms with Crippen LogP contribution in [0, 0.1) is 6.92 Å². The minimum absolute atomic E-state index is 0.124. The van der Waals surface area contributed by atoms with E-state index in [1.54, 1.807) is 0 Å². The number of nitrogens with zero attached hydrogens (tertiary/aromatic N) is 1. The first-order chi connectivity index (χ1) is 8.68. The minimum atomic E-state index is -1.02. The molecule has 4 nitrogen and oxygen atoms in total. The van der Waals surface area contributed by atoms with Crippen molar-refractivity contribution in [2.24, 2.45) is 0 Å². The molecule has 0 spiro atoms. The molecule has 2 rings (SSSR count). The largest absolute Gasteiger partial charge is 0.486 e. The highest BCUT2D eigenvalue weighted by Gasteiger charge is 2.11. The minimum Gasteiger partial charge on any atom is -0.486 e. The van der Waals surface area contributed by atoms with Gasteiger partial charge in [-0.2, -0.15) is 0 Å². The van der Waals surface area contributed by atoms with Crippen molar-refractivity contribution in [1.29, 1.82) is 0 Å². The van der Waals surface area contributed by atoms with E-state index in [1.165, 1.54) is 18.5 Å². The molecular formula is C14H13NO3. The molecule has 1 heterocycles. The van der Waals surface area contributed by atoms with Crippen LogP contribution >= 0.6 is 0 Å². The number of rotatable bonds is 4. The summed E-state index contributed by atoms with van der Waals surface area (Å²) in [5.74, 6) is -0.731. The Morgan fingerprint density at radius 2 is 2.11 bits per heavy atom. The number of carboxylic acid groups (broad SMARTS) is 1. The fourth-order valence-electron chi connectivity index (χ4n) is 1.60. The zero-order valence-electron chi connectivity index (χ0n) is 9.96. The molecule has 0 aliphatic rings. The Balaban J connectivity index is 2.16. The average Bonchev–Trinajstić information content (AvgIpc) is 2.38. The Morgan fingerprint density at radius 1 is 1.33 bits per heavy atom. The van der Waals surface area contributed by atoms with Gasteiger partial charge in [-0.25, -0.2) is 4.79 Å². The second kappa shape index (κ2) is 5.31. The van der Waals surface area contributed by atoms with Crippen molar-refractivity contribution in [1.82, 2.24) is 4.98 Å². The number of benzene rings is 1. The van der Waals surface area contributed by atoms with Gasteiger partial charge in [0.15, 0.2) is 5.75 Å². The van der Waals surface area contributed by atoms with Crippen molar-refractivity contribution in [3.63, 3.8) is 0 Å². The molecule has 1 N–H and O–H groups in total. The first kappa shape index (κ1) is 12.1. The Morgan fingerprint density at radius 3 is 2.83 bits per heavy atom. The zero-order chi connectivity index (χ0) is 13.0. The third-order valence-corrected chi connectivity index (χ3v) is 2.66. The molecule has 0 saturated carbocycles. The molecule has 0 aliphatic heterocycles. The lowest BCUT2D eigenvalue weighted by Crippen LogP contribution is -2.04. The topological polar surface area (TPSA) is 59.4 Å². The van der Waals surface area contributed by atoms with Gasteiger partial charge >= 0.3 is 5.97 Å². The SMILES string of the molecule is Cc1ccccc1COc1cnccc1C(=O)O. The standard InChI is InChI=1S/C14H13NO3/c1-10-4-2-3-5-11(10)9-18-13-8-15-7-6-12(13)14(16)17/h2-8H,9H2,1H3,(H,16,17). The summed E-state index contributed by atoms with van der Waals surface area (Å²) in [6.07, 6.45) is 2.85. The number of hydrogen-bond acceptors (Lipinski definition) is 3. The molecular weight excluding hydrogens is 230 g/mol. The Hall–Kier alpha value is -2.36. The molecule has 0 radical (unpaired) electrons. The second-order valence-electron chi connectivity index (χ2n) is 3.89. The number of carboxylic acids is 1. The molecule has 0 atom stereocenters. The van der Waals surface area contributed by atoms with E-state index in [-0.39, 0.29) is 11.3 Å². The van der Waals surface area contributed by atoms with Crippen LogP contribution in [0.3, 0.4) is 0 Å². The van der Waals surface area contributed by atoms with E-state index in [1.807, 2.05) is 31.2 Å². The van der Waals surface area contributed by atoms with Crippen LogP contribution in [0.2, 0.25) is 0 Å². The van der Waals surface area contributed by atoms with E-state index in [2.05, 4.69) is 4.98 Å². The molecule has 0 unspecified atom stereocenters. The van der Waals surface area contributed by atoms with Crippen LogP contribution in [0.15, 0.2) is 42.7 Å². The summed E-state index contributed by atoms with van der Waals surface area (Å²) >= 11 is 0. The van der Waals surface area contributed by atoms with Crippen LogP contribution in [0.4, 0.5) is 0 Å². The molecule has 0 saturated heterocycles. The second-order valence-corrected chi connectivity index (χ2v) is 3.89. The number of ether oxygens (including phenoxy) is 1. The third kappa shape index (κ3) is 2.66. The van der Waals surface area contributed by atoms with Crippen LogP contribution in [-0.4, -0.2) is 16.1 Å². The van der Waals surface area contributed by atoms with E-state index < -0.39 is 5.97 Å². The number of pyridine rings is 1. The van der Waals surface area contributed by atoms with Gasteiger partial charge in [0.05, 0.1) is 6.20 Å². The molecule has 2 aromatic rings. The van der Waals surface area contributed by atoms with Crippen molar-refractivity contribution < 1.29 is 14.6 Å². The van der Waals surface area contributed by atoms with E-state index in [0.29, 0.717) is 6.61 Å². The zero-order valence-corrected chi connectivity index (χ0v) is 9.96. The van der Waals surface area contributed by atoms with Gasteiger partial charge in [-0.05, 0) is 24.1 Å². The highest BCUT2D eigenvalue weighted by molar-refractivity contribution is 5.90. The fraction of sp³-hybridized carbons (Fsp3) is 0.143. The smallest absolute Gasteiger partial charge is 0.339 e. The number of aryl methyl sites for hydroxylation is 1. The summed E-state index contributed by atoms with van der Waals surface area (Å²) in [6, 6.07) is 9.24. The predicted molar refractivity (Wildman–Crippen MR) is 66.7 cm³/mol. The van der Waals surface area contributed by atoms with Gasteiger partial charge in [0.1, 0.15) is 12.2 Å². The third-order valence-electron chi connectivity index (χ3n) is 2.66. The van der Waals surface area contributed by atoms with E-state index in [4.69, 9.17) is 9.84 Å². The van der Waals surface area contributed by atoms with Gasteiger partial charge < -0.3 is 9.84 Å². The maximum absolute atomic E-state index is 11.0. The molecule has 92 valence electrons. The quantitative estimate of drug-likeness (QED) is 0.896. The summed E-state index contributed by atoms with van der Waals surface area (Å²) in [4.78, 5) is 14.9. The number of carbonyl (C=O) groups is 1. The lowest BCUT2D eigenvalue weighted by atomic mass is 10.1. The number of hydrogen-bond donors (Lipinski definition) is 1. The summed E-state index contributed by atoms with van der Waals surface area (Å²) in [6.45, 7) is 2.32. The highest BCUT2D eigenvalue weighted by Crippen LogP contribution is 2.18. The maximum Gasteiger partial charge on any atom is 0.339 e. The molecule has 0 aliphatic carbocycles. The van der Waals surface area contributed by atoms with E-state index in [9.17, 15) is 4.79 Å². The van der Waals surface area contributed by atoms with E-state index >= 15 is 0 Å². The number of aromatic carboxylic acids is 1.